The lowest BCUT2D eigenvalue weighted by Gasteiger charge is -2.23. The summed E-state index contributed by atoms with van der Waals surface area (Å²) in [6, 6.07) is 8.94. The fraction of sp³-hybridized carbons (Fsp3) is 0.667. The fourth-order valence-electron chi connectivity index (χ4n) is 3.57. The van der Waals surface area contributed by atoms with Crippen molar-refractivity contribution in [3.63, 3.8) is 0 Å². The van der Waals surface area contributed by atoms with Gasteiger partial charge in [-0.05, 0) is 36.3 Å². The summed E-state index contributed by atoms with van der Waals surface area (Å²) in [6.45, 7) is 2.37. The van der Waals surface area contributed by atoms with Crippen molar-refractivity contribution in [3.8, 4) is 0 Å². The summed E-state index contributed by atoms with van der Waals surface area (Å²) in [4.78, 5) is 14.3. The van der Waals surface area contributed by atoms with Crippen LogP contribution >= 0.6 is 0 Å². The van der Waals surface area contributed by atoms with E-state index in [1.165, 1.54) is 43.2 Å². The van der Waals surface area contributed by atoms with Gasteiger partial charge in [-0.2, -0.15) is 0 Å². The first-order valence-corrected chi connectivity index (χ1v) is 9.59. The van der Waals surface area contributed by atoms with Crippen LogP contribution in [0.2, 0.25) is 0 Å². The number of ether oxygens (including phenoxy) is 2. The van der Waals surface area contributed by atoms with Crippen molar-refractivity contribution in [1.29, 1.82) is 0 Å². The van der Waals surface area contributed by atoms with Gasteiger partial charge in [-0.25, -0.2) is 0 Å². The summed E-state index contributed by atoms with van der Waals surface area (Å²) < 4.78 is 10.2. The van der Waals surface area contributed by atoms with Crippen LogP contribution in [0.1, 0.15) is 55.6 Å². The molecule has 0 spiro atoms. The molecule has 4 nitrogen and oxygen atoms in total. The van der Waals surface area contributed by atoms with E-state index in [9.17, 15) is 4.79 Å². The van der Waals surface area contributed by atoms with Gasteiger partial charge in [-0.15, -0.1) is 0 Å². The molecule has 2 rings (SSSR count). The molecule has 0 bridgehead atoms. The molecule has 0 radical (unpaired) electrons. The second-order valence-corrected chi connectivity index (χ2v) is 6.94. The van der Waals surface area contributed by atoms with Crippen molar-refractivity contribution >= 4 is 5.91 Å². The van der Waals surface area contributed by atoms with Gasteiger partial charge in [0.15, 0.2) is 0 Å². The number of hydrogen-bond acceptors (Lipinski definition) is 3. The summed E-state index contributed by atoms with van der Waals surface area (Å²) in [5.41, 5.74) is 2.71. The van der Waals surface area contributed by atoms with Crippen molar-refractivity contribution in [3.05, 3.63) is 35.4 Å². The highest BCUT2D eigenvalue weighted by atomic mass is 16.5. The first kappa shape index (κ1) is 19.9. The molecule has 1 saturated carbocycles. The minimum absolute atomic E-state index is 0.172. The first-order chi connectivity index (χ1) is 12.2. The zero-order valence-electron chi connectivity index (χ0n) is 15.8. The monoisotopic (exact) mass is 347 g/mol. The number of aryl methyl sites for hydroxylation is 1. The Morgan fingerprint density at radius 1 is 1.00 bits per heavy atom. The molecule has 0 N–H and O–H groups in total. The quantitative estimate of drug-likeness (QED) is 0.646. The van der Waals surface area contributed by atoms with Gasteiger partial charge in [0.05, 0.1) is 13.2 Å². The van der Waals surface area contributed by atoms with E-state index in [1.54, 1.807) is 14.2 Å². The standard InChI is InChI=1S/C21H33NO3/c1-24-16-14-22(15-17-25-2)21(23)13-10-18-8-11-20(12-9-18)19-6-4-3-5-7-19/h8-9,11-12,19H,3-7,10,13-17H2,1-2H3. The molecular formula is C21H33NO3. The maximum Gasteiger partial charge on any atom is 0.223 e. The Kier molecular flexibility index (Phi) is 8.98. The van der Waals surface area contributed by atoms with E-state index in [4.69, 9.17) is 9.47 Å². The maximum atomic E-state index is 12.5. The van der Waals surface area contributed by atoms with Crippen LogP contribution in [0.4, 0.5) is 0 Å². The van der Waals surface area contributed by atoms with Gasteiger partial charge in [0.25, 0.3) is 0 Å². The third-order valence-electron chi connectivity index (χ3n) is 5.17. The number of benzene rings is 1. The van der Waals surface area contributed by atoms with Crippen molar-refractivity contribution in [2.75, 3.05) is 40.5 Å². The van der Waals surface area contributed by atoms with Gasteiger partial charge < -0.3 is 14.4 Å². The predicted molar refractivity (Wildman–Crippen MR) is 101 cm³/mol. The highest BCUT2D eigenvalue weighted by Crippen LogP contribution is 2.32. The van der Waals surface area contributed by atoms with E-state index >= 15 is 0 Å². The normalized spacial score (nSPS) is 15.3. The number of nitrogens with zero attached hydrogens (tertiary/aromatic N) is 1. The van der Waals surface area contributed by atoms with Crippen LogP contribution in [-0.2, 0) is 20.7 Å². The lowest BCUT2D eigenvalue weighted by atomic mass is 9.84. The zero-order chi connectivity index (χ0) is 17.9. The molecule has 0 heterocycles. The van der Waals surface area contributed by atoms with Gasteiger partial charge >= 0.3 is 0 Å². The van der Waals surface area contributed by atoms with Crippen LogP contribution < -0.4 is 0 Å². The Bertz CT molecular complexity index is 486. The highest BCUT2D eigenvalue weighted by Gasteiger charge is 2.16. The van der Waals surface area contributed by atoms with Crippen molar-refractivity contribution in [2.24, 2.45) is 0 Å². The largest absolute Gasteiger partial charge is 0.383 e. The number of carbonyl (C=O) groups excluding carboxylic acids is 1. The van der Waals surface area contributed by atoms with Crippen LogP contribution in [0.15, 0.2) is 24.3 Å². The average Bonchev–Trinajstić information content (AvgIpc) is 2.67. The molecular weight excluding hydrogens is 314 g/mol. The van der Waals surface area contributed by atoms with Crippen LogP contribution in [0.3, 0.4) is 0 Å². The molecule has 0 aliphatic heterocycles. The number of methoxy groups -OCH3 is 2. The van der Waals surface area contributed by atoms with Gasteiger partial charge in [0.1, 0.15) is 0 Å². The Morgan fingerprint density at radius 2 is 1.60 bits per heavy atom. The third-order valence-corrected chi connectivity index (χ3v) is 5.17. The van der Waals surface area contributed by atoms with Crippen LogP contribution in [0, 0.1) is 0 Å². The zero-order valence-corrected chi connectivity index (χ0v) is 15.8. The molecule has 4 heteroatoms. The van der Waals surface area contributed by atoms with Crippen LogP contribution in [-0.4, -0.2) is 51.3 Å². The highest BCUT2D eigenvalue weighted by molar-refractivity contribution is 5.76. The number of amides is 1. The molecule has 0 aromatic heterocycles. The van der Waals surface area contributed by atoms with Crippen molar-refractivity contribution in [1.82, 2.24) is 4.90 Å². The summed E-state index contributed by atoms with van der Waals surface area (Å²) >= 11 is 0. The lowest BCUT2D eigenvalue weighted by molar-refractivity contribution is -0.132. The van der Waals surface area contributed by atoms with Gasteiger partial charge in [-0.1, -0.05) is 43.5 Å². The Morgan fingerprint density at radius 3 is 2.16 bits per heavy atom. The molecule has 140 valence electrons. The van der Waals surface area contributed by atoms with Gasteiger partial charge in [0, 0.05) is 33.7 Å². The summed E-state index contributed by atoms with van der Waals surface area (Å²) in [7, 11) is 3.32. The molecule has 0 unspecified atom stereocenters. The molecule has 1 fully saturated rings. The molecule has 0 saturated heterocycles. The van der Waals surface area contributed by atoms with Crippen molar-refractivity contribution < 1.29 is 14.3 Å². The summed E-state index contributed by atoms with van der Waals surface area (Å²) in [6.07, 6.45) is 8.09. The topological polar surface area (TPSA) is 38.8 Å². The molecule has 1 aliphatic rings. The first-order valence-electron chi connectivity index (χ1n) is 9.59. The van der Waals surface area contributed by atoms with E-state index < -0.39 is 0 Å². The van der Waals surface area contributed by atoms with E-state index in [0.717, 1.165) is 12.3 Å². The third kappa shape index (κ3) is 6.79. The Balaban J connectivity index is 1.82. The minimum Gasteiger partial charge on any atom is -0.383 e. The molecule has 0 atom stereocenters. The molecule has 1 aliphatic carbocycles. The number of carbonyl (C=O) groups is 1. The Hall–Kier alpha value is -1.39. The number of rotatable bonds is 10. The summed E-state index contributed by atoms with van der Waals surface area (Å²) in [5, 5.41) is 0. The van der Waals surface area contributed by atoms with E-state index in [0.29, 0.717) is 32.7 Å². The number of hydrogen-bond donors (Lipinski definition) is 0. The summed E-state index contributed by atoms with van der Waals surface area (Å²) in [5.74, 6) is 0.911. The fourth-order valence-corrected chi connectivity index (χ4v) is 3.57. The predicted octanol–water partition coefficient (Wildman–Crippen LogP) is 3.79. The minimum atomic E-state index is 0.172. The van der Waals surface area contributed by atoms with Gasteiger partial charge in [-0.3, -0.25) is 4.79 Å². The van der Waals surface area contributed by atoms with Gasteiger partial charge in [0.2, 0.25) is 5.91 Å². The molecule has 1 aromatic rings. The van der Waals surface area contributed by atoms with Crippen LogP contribution in [0.5, 0.6) is 0 Å². The average molecular weight is 347 g/mol. The molecule has 1 aromatic carbocycles. The molecule has 25 heavy (non-hydrogen) atoms. The van der Waals surface area contributed by atoms with E-state index in [1.807, 2.05) is 4.90 Å². The van der Waals surface area contributed by atoms with E-state index in [2.05, 4.69) is 24.3 Å². The van der Waals surface area contributed by atoms with E-state index in [-0.39, 0.29) is 5.91 Å². The molecule has 1 amide bonds. The maximum absolute atomic E-state index is 12.5. The second-order valence-electron chi connectivity index (χ2n) is 6.94. The Labute approximate surface area is 152 Å². The lowest BCUT2D eigenvalue weighted by Crippen LogP contribution is -2.36. The van der Waals surface area contributed by atoms with Crippen molar-refractivity contribution in [2.45, 2.75) is 50.9 Å². The smallest absolute Gasteiger partial charge is 0.223 e. The SMILES string of the molecule is COCCN(CCOC)C(=O)CCc1ccc(C2CCCCC2)cc1. The second kappa shape index (κ2) is 11.3. The van der Waals surface area contributed by atoms with Crippen LogP contribution in [0.25, 0.3) is 0 Å².